The van der Waals surface area contributed by atoms with Crippen LogP contribution in [0.4, 0.5) is 0 Å². The van der Waals surface area contributed by atoms with Crippen LogP contribution in [0.5, 0.6) is 0 Å². The van der Waals surface area contributed by atoms with Crippen LogP contribution in [-0.2, 0) is 9.53 Å². The smallest absolute Gasteiger partial charge is 0.225 e. The van der Waals surface area contributed by atoms with Crippen LogP contribution in [0, 0.1) is 11.8 Å². The fourth-order valence-electron chi connectivity index (χ4n) is 4.60. The number of rotatable bonds is 2. The van der Waals surface area contributed by atoms with Crippen molar-refractivity contribution in [1.29, 1.82) is 0 Å². The van der Waals surface area contributed by atoms with E-state index in [0.717, 1.165) is 52.2 Å². The minimum atomic E-state index is 0.165. The Balaban J connectivity index is 1.65. The lowest BCUT2D eigenvalue weighted by Gasteiger charge is -2.53. The Morgan fingerprint density at radius 3 is 2.50 bits per heavy atom. The molecule has 5 nitrogen and oxygen atoms in total. The summed E-state index contributed by atoms with van der Waals surface area (Å²) in [5, 5.41) is 0. The molecule has 0 aromatic rings. The second kappa shape index (κ2) is 7.30. The van der Waals surface area contributed by atoms with Crippen LogP contribution >= 0.6 is 0 Å². The molecule has 1 spiro atoms. The monoisotopic (exact) mass is 337 g/mol. The number of carbonyl (C=O) groups is 1. The lowest BCUT2D eigenvalue weighted by Crippen LogP contribution is -2.65. The number of carbonyl (C=O) groups excluding carboxylic acids is 1. The molecule has 0 aromatic carbocycles. The molecule has 3 saturated heterocycles. The number of amides is 1. The SMILES string of the molecule is CC(C)C1CC(C(=O)N2CCN(C)C3(CCN(C)CC3)C2)CCO1. The van der Waals surface area contributed by atoms with Gasteiger partial charge in [-0.15, -0.1) is 0 Å². The number of hydrogen-bond acceptors (Lipinski definition) is 4. The lowest BCUT2D eigenvalue weighted by molar-refractivity contribution is -0.148. The topological polar surface area (TPSA) is 36.0 Å². The van der Waals surface area contributed by atoms with Gasteiger partial charge >= 0.3 is 0 Å². The summed E-state index contributed by atoms with van der Waals surface area (Å²) in [7, 11) is 4.45. The van der Waals surface area contributed by atoms with Crippen molar-refractivity contribution in [2.75, 3.05) is 53.4 Å². The van der Waals surface area contributed by atoms with Gasteiger partial charge in [-0.3, -0.25) is 9.69 Å². The van der Waals surface area contributed by atoms with Gasteiger partial charge < -0.3 is 14.5 Å². The van der Waals surface area contributed by atoms with Gasteiger partial charge in [0, 0.05) is 37.7 Å². The highest BCUT2D eigenvalue weighted by molar-refractivity contribution is 5.79. The highest BCUT2D eigenvalue weighted by Crippen LogP contribution is 2.33. The molecule has 3 aliphatic heterocycles. The van der Waals surface area contributed by atoms with Crippen molar-refractivity contribution in [3.8, 4) is 0 Å². The summed E-state index contributed by atoms with van der Waals surface area (Å²) in [5.41, 5.74) is 0.197. The molecule has 0 bridgehead atoms. The maximum Gasteiger partial charge on any atom is 0.225 e. The zero-order valence-electron chi connectivity index (χ0n) is 16.0. The third-order valence-electron chi connectivity index (χ3n) is 6.64. The van der Waals surface area contributed by atoms with E-state index in [0.29, 0.717) is 11.8 Å². The first kappa shape index (κ1) is 18.2. The van der Waals surface area contributed by atoms with E-state index >= 15 is 0 Å². The molecule has 3 heterocycles. The number of likely N-dealkylation sites (tertiary alicyclic amines) is 1. The van der Waals surface area contributed by atoms with Crippen LogP contribution in [0.2, 0.25) is 0 Å². The Hall–Kier alpha value is -0.650. The van der Waals surface area contributed by atoms with E-state index < -0.39 is 0 Å². The molecule has 5 heteroatoms. The van der Waals surface area contributed by atoms with Crippen molar-refractivity contribution in [1.82, 2.24) is 14.7 Å². The number of piperidine rings is 1. The predicted molar refractivity (Wildman–Crippen MR) is 96.0 cm³/mol. The Morgan fingerprint density at radius 1 is 1.12 bits per heavy atom. The Bertz CT molecular complexity index is 446. The number of piperazine rings is 1. The molecule has 2 unspecified atom stereocenters. The number of nitrogens with zero attached hydrogens (tertiary/aromatic N) is 3. The summed E-state index contributed by atoms with van der Waals surface area (Å²) >= 11 is 0. The zero-order valence-corrected chi connectivity index (χ0v) is 16.0. The Labute approximate surface area is 147 Å². The molecular formula is C19H35N3O2. The molecular weight excluding hydrogens is 302 g/mol. The lowest BCUT2D eigenvalue weighted by atomic mass is 9.82. The molecule has 0 N–H and O–H groups in total. The van der Waals surface area contributed by atoms with Crippen molar-refractivity contribution in [2.45, 2.75) is 51.2 Å². The average molecular weight is 338 g/mol. The second-order valence-corrected chi connectivity index (χ2v) is 8.58. The Morgan fingerprint density at radius 2 is 1.83 bits per heavy atom. The first-order valence-corrected chi connectivity index (χ1v) is 9.71. The van der Waals surface area contributed by atoms with Crippen molar-refractivity contribution < 1.29 is 9.53 Å². The van der Waals surface area contributed by atoms with Crippen LogP contribution in [0.1, 0.15) is 39.5 Å². The first-order valence-electron chi connectivity index (χ1n) is 9.71. The standard InChI is InChI=1S/C19H35N3O2/c1-15(2)17-13-16(5-12-24-17)18(23)22-11-10-21(4)19(14-22)6-8-20(3)9-7-19/h15-17H,5-14H2,1-4H3. The minimum Gasteiger partial charge on any atom is -0.378 e. The first-order chi connectivity index (χ1) is 11.4. The summed E-state index contributed by atoms with van der Waals surface area (Å²) in [5.74, 6) is 1.04. The fourth-order valence-corrected chi connectivity index (χ4v) is 4.60. The molecule has 2 atom stereocenters. The summed E-state index contributed by atoms with van der Waals surface area (Å²) in [4.78, 5) is 20.3. The van der Waals surface area contributed by atoms with Gasteiger partial charge in [0.05, 0.1) is 6.10 Å². The van der Waals surface area contributed by atoms with Crippen molar-refractivity contribution in [3.63, 3.8) is 0 Å². The van der Waals surface area contributed by atoms with Crippen LogP contribution in [0.15, 0.2) is 0 Å². The number of ether oxygens (including phenoxy) is 1. The molecule has 3 rings (SSSR count). The molecule has 0 radical (unpaired) electrons. The molecule has 0 saturated carbocycles. The van der Waals surface area contributed by atoms with Crippen molar-refractivity contribution in [3.05, 3.63) is 0 Å². The largest absolute Gasteiger partial charge is 0.378 e. The number of hydrogen-bond donors (Lipinski definition) is 0. The maximum absolute atomic E-state index is 13.2. The van der Waals surface area contributed by atoms with E-state index in [1.165, 1.54) is 12.8 Å². The molecule has 1 amide bonds. The highest BCUT2D eigenvalue weighted by atomic mass is 16.5. The normalized spacial score (nSPS) is 32.5. The van der Waals surface area contributed by atoms with E-state index in [1.807, 2.05) is 0 Å². The number of likely N-dealkylation sites (N-methyl/N-ethyl adjacent to an activating group) is 1. The predicted octanol–water partition coefficient (Wildman–Crippen LogP) is 1.68. The van der Waals surface area contributed by atoms with Crippen LogP contribution < -0.4 is 0 Å². The van der Waals surface area contributed by atoms with Gasteiger partial charge in [0.2, 0.25) is 5.91 Å². The van der Waals surface area contributed by atoms with E-state index in [9.17, 15) is 4.79 Å². The fraction of sp³-hybridized carbons (Fsp3) is 0.947. The van der Waals surface area contributed by atoms with Gasteiger partial charge in [-0.2, -0.15) is 0 Å². The molecule has 0 aliphatic carbocycles. The van der Waals surface area contributed by atoms with E-state index in [2.05, 4.69) is 42.6 Å². The van der Waals surface area contributed by atoms with E-state index in [1.54, 1.807) is 0 Å². The van der Waals surface area contributed by atoms with Crippen molar-refractivity contribution in [2.24, 2.45) is 11.8 Å². The second-order valence-electron chi connectivity index (χ2n) is 8.58. The van der Waals surface area contributed by atoms with Gasteiger partial charge in [-0.25, -0.2) is 0 Å². The summed E-state index contributed by atoms with van der Waals surface area (Å²) in [6, 6.07) is 0. The molecule has 138 valence electrons. The average Bonchev–Trinajstić information content (AvgIpc) is 2.59. The van der Waals surface area contributed by atoms with Crippen LogP contribution in [-0.4, -0.2) is 85.7 Å². The Kier molecular flexibility index (Phi) is 5.52. The maximum atomic E-state index is 13.2. The summed E-state index contributed by atoms with van der Waals surface area (Å²) in [6.45, 7) is 10.2. The third-order valence-corrected chi connectivity index (χ3v) is 6.64. The molecule has 3 fully saturated rings. The van der Waals surface area contributed by atoms with Gasteiger partial charge in [0.15, 0.2) is 0 Å². The van der Waals surface area contributed by atoms with Crippen LogP contribution in [0.25, 0.3) is 0 Å². The summed E-state index contributed by atoms with van der Waals surface area (Å²) < 4.78 is 5.86. The molecule has 0 aromatic heterocycles. The minimum absolute atomic E-state index is 0.165. The highest BCUT2D eigenvalue weighted by Gasteiger charge is 2.44. The zero-order chi connectivity index (χ0) is 17.3. The quantitative estimate of drug-likeness (QED) is 0.768. The summed E-state index contributed by atoms with van der Waals surface area (Å²) in [6.07, 6.45) is 4.39. The van der Waals surface area contributed by atoms with Gasteiger partial charge in [0.1, 0.15) is 0 Å². The van der Waals surface area contributed by atoms with Gasteiger partial charge in [0.25, 0.3) is 0 Å². The molecule has 24 heavy (non-hydrogen) atoms. The van der Waals surface area contributed by atoms with Crippen LogP contribution in [0.3, 0.4) is 0 Å². The molecule has 3 aliphatic rings. The van der Waals surface area contributed by atoms with Gasteiger partial charge in [-0.1, -0.05) is 13.8 Å². The van der Waals surface area contributed by atoms with E-state index in [-0.39, 0.29) is 17.6 Å². The van der Waals surface area contributed by atoms with E-state index in [4.69, 9.17) is 4.74 Å². The van der Waals surface area contributed by atoms with Crippen molar-refractivity contribution >= 4 is 5.91 Å². The van der Waals surface area contributed by atoms with Gasteiger partial charge in [-0.05, 0) is 58.8 Å². The third kappa shape index (κ3) is 3.63.